The van der Waals surface area contributed by atoms with E-state index in [1.54, 1.807) is 16.4 Å². The standard InChI is InChI=1S/C21H15N5S/c1-26-21(23-24-25-26)27-20-11-12-22-19-10-9-15(13-18(19)20)17-8-4-6-14-5-2-3-7-16(14)17/h2-13H,1H3. The molecular formula is C21H15N5S. The van der Waals surface area contributed by atoms with Crippen molar-refractivity contribution in [3.8, 4) is 11.1 Å². The lowest BCUT2D eigenvalue weighted by Gasteiger charge is -2.10. The lowest BCUT2D eigenvalue weighted by molar-refractivity contribution is 0.664. The fourth-order valence-corrected chi connectivity index (χ4v) is 4.11. The van der Waals surface area contributed by atoms with Gasteiger partial charge in [0.05, 0.1) is 5.52 Å². The predicted octanol–water partition coefficient (Wildman–Crippen LogP) is 4.73. The van der Waals surface area contributed by atoms with Gasteiger partial charge in [0.2, 0.25) is 5.16 Å². The summed E-state index contributed by atoms with van der Waals surface area (Å²) in [4.78, 5) is 5.60. The molecule has 5 nitrogen and oxygen atoms in total. The van der Waals surface area contributed by atoms with E-state index in [4.69, 9.17) is 0 Å². The second-order valence-corrected chi connectivity index (χ2v) is 7.26. The summed E-state index contributed by atoms with van der Waals surface area (Å²) in [6.07, 6.45) is 1.83. The number of benzene rings is 3. The molecule has 0 aliphatic carbocycles. The van der Waals surface area contributed by atoms with Crippen molar-refractivity contribution >= 4 is 33.4 Å². The first-order valence-corrected chi connectivity index (χ1v) is 9.38. The number of hydrogen-bond acceptors (Lipinski definition) is 5. The number of aryl methyl sites for hydroxylation is 1. The Morgan fingerprint density at radius 2 is 1.78 bits per heavy atom. The highest BCUT2D eigenvalue weighted by Gasteiger charge is 2.11. The zero-order valence-corrected chi connectivity index (χ0v) is 15.4. The molecule has 0 radical (unpaired) electrons. The average Bonchev–Trinajstić information content (AvgIpc) is 3.12. The monoisotopic (exact) mass is 369 g/mol. The van der Waals surface area contributed by atoms with Gasteiger partial charge in [0.25, 0.3) is 0 Å². The van der Waals surface area contributed by atoms with Gasteiger partial charge in [-0.1, -0.05) is 48.5 Å². The predicted molar refractivity (Wildman–Crippen MR) is 108 cm³/mol. The normalized spacial score (nSPS) is 11.3. The van der Waals surface area contributed by atoms with Crippen LogP contribution >= 0.6 is 11.8 Å². The molecule has 5 aromatic rings. The van der Waals surface area contributed by atoms with Crippen molar-refractivity contribution < 1.29 is 0 Å². The van der Waals surface area contributed by atoms with Gasteiger partial charge >= 0.3 is 0 Å². The first kappa shape index (κ1) is 16.0. The number of fused-ring (bicyclic) bond motifs is 2. The van der Waals surface area contributed by atoms with E-state index in [2.05, 4.69) is 81.2 Å². The van der Waals surface area contributed by atoms with Crippen molar-refractivity contribution in [1.82, 2.24) is 25.2 Å². The molecule has 0 N–H and O–H groups in total. The maximum atomic E-state index is 4.52. The maximum absolute atomic E-state index is 4.52. The molecule has 2 heterocycles. The molecule has 0 unspecified atom stereocenters. The lowest BCUT2D eigenvalue weighted by atomic mass is 9.97. The molecule has 0 amide bonds. The zero-order chi connectivity index (χ0) is 18.2. The highest BCUT2D eigenvalue weighted by molar-refractivity contribution is 7.99. The van der Waals surface area contributed by atoms with Gasteiger partial charge in [-0.05, 0) is 62.3 Å². The van der Waals surface area contributed by atoms with Gasteiger partial charge < -0.3 is 0 Å². The first-order valence-electron chi connectivity index (χ1n) is 8.57. The Kier molecular flexibility index (Phi) is 3.83. The second kappa shape index (κ2) is 6.48. The van der Waals surface area contributed by atoms with Crippen LogP contribution in [0.1, 0.15) is 0 Å². The molecule has 2 aromatic heterocycles. The van der Waals surface area contributed by atoms with E-state index in [9.17, 15) is 0 Å². The van der Waals surface area contributed by atoms with Crippen molar-refractivity contribution in [2.75, 3.05) is 0 Å². The minimum atomic E-state index is 0.748. The zero-order valence-electron chi connectivity index (χ0n) is 14.6. The minimum absolute atomic E-state index is 0.748. The van der Waals surface area contributed by atoms with Gasteiger partial charge in [0, 0.05) is 23.5 Å². The van der Waals surface area contributed by atoms with Gasteiger partial charge in [-0.3, -0.25) is 4.98 Å². The number of tetrazole rings is 1. The molecule has 0 fully saturated rings. The lowest BCUT2D eigenvalue weighted by Crippen LogP contribution is -1.93. The van der Waals surface area contributed by atoms with Crippen LogP contribution in [0.5, 0.6) is 0 Å². The van der Waals surface area contributed by atoms with Crippen LogP contribution in [-0.2, 0) is 7.05 Å². The highest BCUT2D eigenvalue weighted by atomic mass is 32.2. The molecule has 0 saturated carbocycles. The van der Waals surface area contributed by atoms with Crippen LogP contribution in [0.2, 0.25) is 0 Å². The summed E-state index contributed by atoms with van der Waals surface area (Å²) in [5.74, 6) is 0. The smallest absolute Gasteiger partial charge is 0.213 e. The molecule has 3 aromatic carbocycles. The molecule has 0 aliphatic heterocycles. The molecule has 0 atom stereocenters. The fourth-order valence-electron chi connectivity index (χ4n) is 3.26. The molecule has 0 spiro atoms. The number of rotatable bonds is 3. The molecule has 0 aliphatic rings. The molecule has 27 heavy (non-hydrogen) atoms. The van der Waals surface area contributed by atoms with E-state index in [1.165, 1.54) is 21.9 Å². The van der Waals surface area contributed by atoms with Crippen molar-refractivity contribution in [3.05, 3.63) is 72.9 Å². The van der Waals surface area contributed by atoms with Gasteiger partial charge in [0.1, 0.15) is 0 Å². The van der Waals surface area contributed by atoms with Crippen molar-refractivity contribution in [3.63, 3.8) is 0 Å². The fraction of sp³-hybridized carbons (Fsp3) is 0.0476. The third kappa shape index (κ3) is 2.84. The second-order valence-electron chi connectivity index (χ2n) is 6.25. The van der Waals surface area contributed by atoms with Crippen LogP contribution in [-0.4, -0.2) is 25.2 Å². The van der Waals surface area contributed by atoms with E-state index in [1.807, 2.05) is 19.3 Å². The largest absolute Gasteiger partial charge is 0.256 e. The Labute approximate surface area is 160 Å². The SMILES string of the molecule is Cn1nnnc1Sc1ccnc2ccc(-c3cccc4ccccc34)cc12. The molecular weight excluding hydrogens is 354 g/mol. The Hall–Kier alpha value is -3.25. The van der Waals surface area contributed by atoms with E-state index < -0.39 is 0 Å². The first-order chi connectivity index (χ1) is 13.3. The number of hydrogen-bond donors (Lipinski definition) is 0. The quantitative estimate of drug-likeness (QED) is 0.460. The number of nitrogens with zero attached hydrogens (tertiary/aromatic N) is 5. The molecule has 5 rings (SSSR count). The molecule has 6 heteroatoms. The minimum Gasteiger partial charge on any atom is -0.256 e. The summed E-state index contributed by atoms with van der Waals surface area (Å²) >= 11 is 1.54. The van der Waals surface area contributed by atoms with E-state index >= 15 is 0 Å². The van der Waals surface area contributed by atoms with Gasteiger partial charge in [-0.2, -0.15) is 0 Å². The van der Waals surface area contributed by atoms with Crippen molar-refractivity contribution in [1.29, 1.82) is 0 Å². The topological polar surface area (TPSA) is 56.5 Å². The molecule has 0 bridgehead atoms. The third-order valence-corrected chi connectivity index (χ3v) is 5.69. The summed E-state index contributed by atoms with van der Waals surface area (Å²) in [5.41, 5.74) is 3.35. The van der Waals surface area contributed by atoms with E-state index in [0.717, 1.165) is 21.0 Å². The number of pyridine rings is 1. The maximum Gasteiger partial charge on any atom is 0.213 e. The average molecular weight is 369 g/mol. The van der Waals surface area contributed by atoms with Crippen LogP contribution in [0.15, 0.2) is 83.0 Å². The Morgan fingerprint density at radius 3 is 2.67 bits per heavy atom. The van der Waals surface area contributed by atoms with Crippen molar-refractivity contribution in [2.45, 2.75) is 10.1 Å². The van der Waals surface area contributed by atoms with Crippen LogP contribution in [0.4, 0.5) is 0 Å². The van der Waals surface area contributed by atoms with Crippen molar-refractivity contribution in [2.24, 2.45) is 7.05 Å². The molecule has 0 saturated heterocycles. The summed E-state index contributed by atoms with van der Waals surface area (Å²) in [7, 11) is 1.84. The Bertz CT molecular complexity index is 1270. The third-order valence-electron chi connectivity index (χ3n) is 4.58. The van der Waals surface area contributed by atoms with Crippen LogP contribution < -0.4 is 0 Å². The van der Waals surface area contributed by atoms with Crippen LogP contribution in [0.25, 0.3) is 32.8 Å². The Morgan fingerprint density at radius 1 is 0.889 bits per heavy atom. The van der Waals surface area contributed by atoms with E-state index in [0.29, 0.717) is 0 Å². The Balaban J connectivity index is 1.68. The number of aromatic nitrogens is 5. The summed E-state index contributed by atoms with van der Waals surface area (Å²) in [5, 5.41) is 16.0. The summed E-state index contributed by atoms with van der Waals surface area (Å²) in [6.45, 7) is 0. The van der Waals surface area contributed by atoms with Gasteiger partial charge in [-0.15, -0.1) is 5.10 Å². The highest BCUT2D eigenvalue weighted by Crippen LogP contribution is 2.35. The van der Waals surface area contributed by atoms with Crippen LogP contribution in [0, 0.1) is 0 Å². The summed E-state index contributed by atoms with van der Waals surface area (Å²) in [6, 6.07) is 23.3. The summed E-state index contributed by atoms with van der Waals surface area (Å²) < 4.78 is 1.67. The van der Waals surface area contributed by atoms with Crippen LogP contribution in [0.3, 0.4) is 0 Å². The van der Waals surface area contributed by atoms with Gasteiger partial charge in [0.15, 0.2) is 0 Å². The van der Waals surface area contributed by atoms with Gasteiger partial charge in [-0.25, -0.2) is 4.68 Å². The van der Waals surface area contributed by atoms with E-state index in [-0.39, 0.29) is 0 Å². The molecule has 130 valence electrons.